The largest absolute Gasteiger partial charge is 0.497 e. The van der Waals surface area contributed by atoms with E-state index in [2.05, 4.69) is 25.6 Å². The fraction of sp³-hybridized carbons (Fsp3) is 0.316. The average molecular weight is 398 g/mol. The number of benzene rings is 1. The molecule has 146 valence electrons. The number of rotatable bonds is 6. The lowest BCUT2D eigenvalue weighted by molar-refractivity contribution is 0.0913. The van der Waals surface area contributed by atoms with E-state index in [1.54, 1.807) is 30.3 Å². The van der Waals surface area contributed by atoms with Gasteiger partial charge in [-0.1, -0.05) is 17.0 Å². The van der Waals surface area contributed by atoms with E-state index in [4.69, 9.17) is 4.74 Å². The number of nitrogens with one attached hydrogen (secondary N) is 1. The second-order valence-electron chi connectivity index (χ2n) is 7.02. The zero-order valence-electron chi connectivity index (χ0n) is 16.2. The Morgan fingerprint density at radius 2 is 1.86 bits per heavy atom. The van der Waals surface area contributed by atoms with Crippen LogP contribution < -0.4 is 10.1 Å². The molecule has 2 aromatic heterocycles. The average Bonchev–Trinajstić information content (AvgIpc) is 3.10. The van der Waals surface area contributed by atoms with Gasteiger partial charge in [0, 0.05) is 23.7 Å². The number of thioether (sulfide) groups is 1. The lowest BCUT2D eigenvalue weighted by Crippen LogP contribution is -2.41. The first-order chi connectivity index (χ1) is 13.4. The molecule has 1 amide bonds. The van der Waals surface area contributed by atoms with Gasteiger partial charge in [-0.3, -0.25) is 4.79 Å². The summed E-state index contributed by atoms with van der Waals surface area (Å²) in [5.41, 5.74) is 1.36. The van der Waals surface area contributed by atoms with Gasteiger partial charge in [0.25, 0.3) is 5.91 Å². The number of methoxy groups -OCH3 is 1. The predicted octanol–water partition coefficient (Wildman–Crippen LogP) is 2.89. The molecule has 0 aliphatic rings. The Morgan fingerprint density at radius 1 is 1.18 bits per heavy atom. The van der Waals surface area contributed by atoms with Crippen LogP contribution >= 0.6 is 11.8 Å². The van der Waals surface area contributed by atoms with Gasteiger partial charge in [0.1, 0.15) is 5.75 Å². The highest BCUT2D eigenvalue weighted by Crippen LogP contribution is 2.24. The Hall–Kier alpha value is -2.94. The van der Waals surface area contributed by atoms with Gasteiger partial charge in [0.2, 0.25) is 0 Å². The maximum atomic E-state index is 12.8. The van der Waals surface area contributed by atoms with Gasteiger partial charge in [0.05, 0.1) is 18.5 Å². The van der Waals surface area contributed by atoms with E-state index < -0.39 is 0 Å². The van der Waals surface area contributed by atoms with Crippen molar-refractivity contribution in [1.82, 2.24) is 30.3 Å². The van der Waals surface area contributed by atoms with E-state index in [9.17, 15) is 4.79 Å². The molecule has 0 saturated heterocycles. The molecule has 0 fully saturated rings. The predicted molar refractivity (Wildman–Crippen MR) is 107 cm³/mol. The van der Waals surface area contributed by atoms with E-state index in [1.807, 2.05) is 45.0 Å². The molecule has 0 radical (unpaired) electrons. The Kier molecular flexibility index (Phi) is 5.93. The summed E-state index contributed by atoms with van der Waals surface area (Å²) in [6.45, 7) is 5.76. The Bertz CT molecular complexity index is 935. The highest BCUT2D eigenvalue weighted by molar-refractivity contribution is 7.98. The summed E-state index contributed by atoms with van der Waals surface area (Å²) < 4.78 is 6.87. The summed E-state index contributed by atoms with van der Waals surface area (Å²) in [4.78, 5) is 21.2. The Balaban J connectivity index is 1.95. The second kappa shape index (κ2) is 8.39. The first-order valence-corrected chi connectivity index (χ1v) is 9.67. The van der Waals surface area contributed by atoms with Crippen LogP contribution in [-0.4, -0.2) is 43.5 Å². The molecule has 9 heteroatoms. The molecule has 0 aliphatic carbocycles. The molecule has 2 heterocycles. The molecule has 0 spiro atoms. The van der Waals surface area contributed by atoms with Crippen molar-refractivity contribution < 1.29 is 9.53 Å². The maximum absolute atomic E-state index is 12.8. The van der Waals surface area contributed by atoms with Crippen molar-refractivity contribution in [2.45, 2.75) is 37.2 Å². The standard InChI is InChI=1S/C19H22N6O2S/c1-19(2,3)22-17(26)16-15(12-28-18-20-10-5-11-21-18)25(24-23-16)13-6-8-14(27-4)9-7-13/h5-11H,12H2,1-4H3,(H,22,26). The zero-order chi connectivity index (χ0) is 20.1. The van der Waals surface area contributed by atoms with E-state index in [1.165, 1.54) is 11.8 Å². The van der Waals surface area contributed by atoms with Crippen LogP contribution in [0, 0.1) is 0 Å². The highest BCUT2D eigenvalue weighted by Gasteiger charge is 2.24. The lowest BCUT2D eigenvalue weighted by Gasteiger charge is -2.20. The Labute approximate surface area is 167 Å². The van der Waals surface area contributed by atoms with Crippen molar-refractivity contribution in [1.29, 1.82) is 0 Å². The smallest absolute Gasteiger partial charge is 0.274 e. The number of carbonyl (C=O) groups excluding carboxylic acids is 1. The molecule has 1 aromatic carbocycles. The number of aromatic nitrogens is 5. The quantitative estimate of drug-likeness (QED) is 0.504. The molecule has 0 aliphatic heterocycles. The third-order valence-electron chi connectivity index (χ3n) is 3.66. The third kappa shape index (κ3) is 4.86. The van der Waals surface area contributed by atoms with E-state index in [0.717, 1.165) is 11.4 Å². The number of hydrogen-bond donors (Lipinski definition) is 1. The van der Waals surface area contributed by atoms with Crippen LogP contribution in [0.3, 0.4) is 0 Å². The molecule has 0 atom stereocenters. The van der Waals surface area contributed by atoms with E-state index in [0.29, 0.717) is 16.6 Å². The highest BCUT2D eigenvalue weighted by atomic mass is 32.2. The molecule has 3 aromatic rings. The minimum absolute atomic E-state index is 0.267. The third-order valence-corrected chi connectivity index (χ3v) is 4.55. The number of hydrogen-bond acceptors (Lipinski definition) is 7. The van der Waals surface area contributed by atoms with Crippen LogP contribution in [0.2, 0.25) is 0 Å². The molecule has 28 heavy (non-hydrogen) atoms. The summed E-state index contributed by atoms with van der Waals surface area (Å²) in [5.74, 6) is 0.913. The normalized spacial score (nSPS) is 11.3. The summed E-state index contributed by atoms with van der Waals surface area (Å²) in [6, 6.07) is 9.17. The van der Waals surface area contributed by atoms with Gasteiger partial charge in [-0.05, 0) is 51.1 Å². The molecule has 8 nitrogen and oxygen atoms in total. The van der Waals surface area contributed by atoms with Crippen LogP contribution in [0.4, 0.5) is 0 Å². The number of nitrogens with zero attached hydrogens (tertiary/aromatic N) is 5. The van der Waals surface area contributed by atoms with Crippen LogP contribution in [0.25, 0.3) is 5.69 Å². The van der Waals surface area contributed by atoms with E-state index >= 15 is 0 Å². The van der Waals surface area contributed by atoms with Crippen molar-refractivity contribution in [3.05, 3.63) is 54.1 Å². The van der Waals surface area contributed by atoms with Crippen LogP contribution in [0.5, 0.6) is 5.75 Å². The minimum atomic E-state index is -0.381. The topological polar surface area (TPSA) is 94.8 Å². The molecule has 0 saturated carbocycles. The molecule has 0 bridgehead atoms. The summed E-state index contributed by atoms with van der Waals surface area (Å²) in [6.07, 6.45) is 3.36. The van der Waals surface area contributed by atoms with Crippen LogP contribution in [-0.2, 0) is 5.75 Å². The van der Waals surface area contributed by atoms with Gasteiger partial charge >= 0.3 is 0 Å². The van der Waals surface area contributed by atoms with Crippen molar-refractivity contribution in [3.63, 3.8) is 0 Å². The minimum Gasteiger partial charge on any atom is -0.497 e. The fourth-order valence-electron chi connectivity index (χ4n) is 2.43. The Morgan fingerprint density at radius 3 is 2.46 bits per heavy atom. The van der Waals surface area contributed by atoms with Crippen molar-refractivity contribution >= 4 is 17.7 Å². The summed E-state index contributed by atoms with van der Waals surface area (Å²) in [7, 11) is 1.61. The second-order valence-corrected chi connectivity index (χ2v) is 7.96. The SMILES string of the molecule is COc1ccc(-n2nnc(C(=O)NC(C)(C)C)c2CSc2ncccn2)cc1. The van der Waals surface area contributed by atoms with Crippen molar-refractivity contribution in [2.24, 2.45) is 0 Å². The van der Waals surface area contributed by atoms with Gasteiger partial charge in [-0.15, -0.1) is 5.10 Å². The van der Waals surface area contributed by atoms with Crippen LogP contribution in [0.15, 0.2) is 47.9 Å². The summed E-state index contributed by atoms with van der Waals surface area (Å²) >= 11 is 1.42. The lowest BCUT2D eigenvalue weighted by atomic mass is 10.1. The van der Waals surface area contributed by atoms with Gasteiger partial charge in [-0.25, -0.2) is 14.6 Å². The first kappa shape index (κ1) is 19.8. The number of amides is 1. The van der Waals surface area contributed by atoms with Crippen molar-refractivity contribution in [2.75, 3.05) is 7.11 Å². The molecule has 0 unspecified atom stereocenters. The molecule has 1 N–H and O–H groups in total. The first-order valence-electron chi connectivity index (χ1n) is 8.69. The summed E-state index contributed by atoms with van der Waals surface area (Å²) in [5, 5.41) is 11.9. The fourth-order valence-corrected chi connectivity index (χ4v) is 3.23. The number of carbonyl (C=O) groups is 1. The van der Waals surface area contributed by atoms with Crippen LogP contribution in [0.1, 0.15) is 37.0 Å². The van der Waals surface area contributed by atoms with Gasteiger partial charge < -0.3 is 10.1 Å². The molecular weight excluding hydrogens is 376 g/mol. The molecule has 3 rings (SSSR count). The molecular formula is C19H22N6O2S. The maximum Gasteiger partial charge on any atom is 0.274 e. The number of ether oxygens (including phenoxy) is 1. The van der Waals surface area contributed by atoms with Gasteiger partial charge in [-0.2, -0.15) is 0 Å². The van der Waals surface area contributed by atoms with Gasteiger partial charge in [0.15, 0.2) is 10.9 Å². The zero-order valence-corrected chi connectivity index (χ0v) is 17.0. The van der Waals surface area contributed by atoms with Crippen molar-refractivity contribution in [3.8, 4) is 11.4 Å². The monoisotopic (exact) mass is 398 g/mol. The van der Waals surface area contributed by atoms with E-state index in [-0.39, 0.29) is 17.1 Å².